The number of rotatable bonds is 7. The van der Waals surface area contributed by atoms with E-state index >= 15 is 0 Å². The van der Waals surface area contributed by atoms with Gasteiger partial charge >= 0.3 is 6.18 Å². The first-order valence-corrected chi connectivity index (χ1v) is 12.4. The number of piperidine rings is 1. The Morgan fingerprint density at radius 1 is 1.09 bits per heavy atom. The largest absolute Gasteiger partial charge is 0.416 e. The highest BCUT2D eigenvalue weighted by Crippen LogP contribution is 2.32. The Morgan fingerprint density at radius 3 is 2.42 bits per heavy atom. The quantitative estimate of drug-likeness (QED) is 0.592. The highest BCUT2D eigenvalue weighted by molar-refractivity contribution is 7.89. The van der Waals surface area contributed by atoms with Crippen LogP contribution < -0.4 is 5.32 Å². The third kappa shape index (κ3) is 6.35. The summed E-state index contributed by atoms with van der Waals surface area (Å²) in [5, 5.41) is 2.93. The standard InChI is InChI=1S/C24H29F3N2O3S/c1-17-8-9-19(18(2)15-17)5-4-12-28-23(30)20-10-13-29(14-11-20)33(31,32)22-7-3-6-21(16-22)24(25,26)27/h3,6-9,15-16,20H,4-5,10-14H2,1-2H3,(H,28,30). The Kier molecular flexibility index (Phi) is 7.84. The van der Waals surface area contributed by atoms with Gasteiger partial charge in [0.25, 0.3) is 0 Å². The van der Waals surface area contributed by atoms with Gasteiger partial charge in [-0.15, -0.1) is 0 Å². The molecule has 1 N–H and O–H groups in total. The molecule has 0 aliphatic carbocycles. The Hall–Kier alpha value is -2.39. The lowest BCUT2D eigenvalue weighted by molar-refractivity contribution is -0.137. The van der Waals surface area contributed by atoms with Crippen LogP contribution in [0.15, 0.2) is 47.4 Å². The van der Waals surface area contributed by atoms with Crippen molar-refractivity contribution < 1.29 is 26.4 Å². The summed E-state index contributed by atoms with van der Waals surface area (Å²) in [6.45, 7) is 4.85. The van der Waals surface area contributed by atoms with Gasteiger partial charge in [0.05, 0.1) is 10.5 Å². The van der Waals surface area contributed by atoms with Gasteiger partial charge in [0.15, 0.2) is 0 Å². The monoisotopic (exact) mass is 482 g/mol. The summed E-state index contributed by atoms with van der Waals surface area (Å²) in [6.07, 6.45) is -2.28. The number of sulfonamides is 1. The van der Waals surface area contributed by atoms with Crippen molar-refractivity contribution in [2.75, 3.05) is 19.6 Å². The number of aryl methyl sites for hydroxylation is 3. The van der Waals surface area contributed by atoms with E-state index in [1.54, 1.807) is 0 Å². The van der Waals surface area contributed by atoms with Crippen LogP contribution in [0, 0.1) is 19.8 Å². The molecule has 1 aliphatic rings. The number of carbonyl (C=O) groups excluding carboxylic acids is 1. The summed E-state index contributed by atoms with van der Waals surface area (Å²) in [5.74, 6) is -0.411. The van der Waals surface area contributed by atoms with Crippen LogP contribution in [0.4, 0.5) is 13.2 Å². The van der Waals surface area contributed by atoms with E-state index in [2.05, 4.69) is 30.4 Å². The van der Waals surface area contributed by atoms with Gasteiger partial charge in [-0.1, -0.05) is 29.8 Å². The van der Waals surface area contributed by atoms with E-state index in [9.17, 15) is 26.4 Å². The molecule has 1 amide bonds. The van der Waals surface area contributed by atoms with Gasteiger partial charge in [-0.05, 0) is 68.9 Å². The Bertz CT molecular complexity index is 1090. The number of amides is 1. The van der Waals surface area contributed by atoms with Crippen molar-refractivity contribution in [1.29, 1.82) is 0 Å². The van der Waals surface area contributed by atoms with E-state index in [-0.39, 0.29) is 29.8 Å². The van der Waals surface area contributed by atoms with Crippen LogP contribution in [0.1, 0.15) is 41.5 Å². The minimum atomic E-state index is -4.62. The number of carbonyl (C=O) groups is 1. The van der Waals surface area contributed by atoms with Gasteiger partial charge in [-0.3, -0.25) is 4.79 Å². The minimum Gasteiger partial charge on any atom is -0.356 e. The summed E-state index contributed by atoms with van der Waals surface area (Å²) >= 11 is 0. The van der Waals surface area contributed by atoms with Gasteiger partial charge < -0.3 is 5.32 Å². The van der Waals surface area contributed by atoms with E-state index in [1.807, 2.05) is 6.92 Å². The van der Waals surface area contributed by atoms with Crippen LogP contribution >= 0.6 is 0 Å². The van der Waals surface area contributed by atoms with E-state index in [0.29, 0.717) is 25.5 Å². The fraction of sp³-hybridized carbons (Fsp3) is 0.458. The van der Waals surface area contributed by atoms with Crippen molar-refractivity contribution in [2.45, 2.75) is 50.6 Å². The molecule has 5 nitrogen and oxygen atoms in total. The Balaban J connectivity index is 1.49. The molecule has 0 spiro atoms. The molecule has 1 saturated heterocycles. The molecule has 9 heteroatoms. The van der Waals surface area contributed by atoms with Crippen LogP contribution in [-0.4, -0.2) is 38.3 Å². The number of hydrogen-bond donors (Lipinski definition) is 1. The van der Waals surface area contributed by atoms with Crippen LogP contribution in [0.25, 0.3) is 0 Å². The zero-order valence-corrected chi connectivity index (χ0v) is 19.6. The smallest absolute Gasteiger partial charge is 0.356 e. The molecular weight excluding hydrogens is 453 g/mol. The lowest BCUT2D eigenvalue weighted by atomic mass is 9.97. The van der Waals surface area contributed by atoms with Crippen LogP contribution in [0.5, 0.6) is 0 Å². The first-order chi connectivity index (χ1) is 15.5. The second kappa shape index (κ2) is 10.3. The highest BCUT2D eigenvalue weighted by Gasteiger charge is 2.35. The molecule has 0 bridgehead atoms. The Morgan fingerprint density at radius 2 is 1.79 bits per heavy atom. The van der Waals surface area contributed by atoms with E-state index < -0.39 is 21.8 Å². The van der Waals surface area contributed by atoms with Gasteiger partial charge in [-0.2, -0.15) is 17.5 Å². The van der Waals surface area contributed by atoms with Crippen LogP contribution in [0.3, 0.4) is 0 Å². The zero-order valence-electron chi connectivity index (χ0n) is 18.8. The highest BCUT2D eigenvalue weighted by atomic mass is 32.2. The normalized spacial score (nSPS) is 16.0. The summed E-state index contributed by atoms with van der Waals surface area (Å²) in [4.78, 5) is 12.1. The van der Waals surface area contributed by atoms with Crippen molar-refractivity contribution in [3.8, 4) is 0 Å². The molecular formula is C24H29F3N2O3S. The second-order valence-corrected chi connectivity index (χ2v) is 10.5. The average molecular weight is 483 g/mol. The molecule has 0 saturated carbocycles. The van der Waals surface area contributed by atoms with Crippen molar-refractivity contribution in [2.24, 2.45) is 5.92 Å². The second-order valence-electron chi connectivity index (χ2n) is 8.53. The number of nitrogens with one attached hydrogen (secondary N) is 1. The summed E-state index contributed by atoms with van der Waals surface area (Å²) < 4.78 is 65.6. The number of hydrogen-bond acceptors (Lipinski definition) is 3. The maximum absolute atomic E-state index is 12.9. The molecule has 1 aliphatic heterocycles. The molecule has 0 atom stereocenters. The van der Waals surface area contributed by atoms with Crippen molar-refractivity contribution in [3.63, 3.8) is 0 Å². The number of benzene rings is 2. The number of nitrogens with zero attached hydrogens (tertiary/aromatic N) is 1. The van der Waals surface area contributed by atoms with E-state index in [0.717, 1.165) is 29.3 Å². The average Bonchev–Trinajstić information content (AvgIpc) is 2.77. The first-order valence-electron chi connectivity index (χ1n) is 11.0. The zero-order chi connectivity index (χ0) is 24.2. The Labute approximate surface area is 193 Å². The number of halogens is 3. The van der Waals surface area contributed by atoms with Gasteiger partial charge in [0.2, 0.25) is 15.9 Å². The summed E-state index contributed by atoms with van der Waals surface area (Å²) in [6, 6.07) is 10.1. The third-order valence-corrected chi connectivity index (χ3v) is 7.94. The lowest BCUT2D eigenvalue weighted by Gasteiger charge is -2.30. The maximum atomic E-state index is 12.9. The topological polar surface area (TPSA) is 66.5 Å². The fourth-order valence-corrected chi connectivity index (χ4v) is 5.62. The van der Waals surface area contributed by atoms with Crippen LogP contribution in [-0.2, 0) is 27.4 Å². The predicted octanol–water partition coefficient (Wildman–Crippen LogP) is 4.47. The van der Waals surface area contributed by atoms with Crippen molar-refractivity contribution >= 4 is 15.9 Å². The van der Waals surface area contributed by atoms with Gasteiger partial charge in [0.1, 0.15) is 0 Å². The molecule has 180 valence electrons. The van der Waals surface area contributed by atoms with Crippen molar-refractivity contribution in [3.05, 3.63) is 64.7 Å². The summed E-state index contributed by atoms with van der Waals surface area (Å²) in [5.41, 5.74) is 2.70. The SMILES string of the molecule is Cc1ccc(CCCNC(=O)C2CCN(S(=O)(=O)c3cccc(C(F)(F)F)c3)CC2)c(C)c1. The molecule has 2 aromatic rings. The predicted molar refractivity (Wildman–Crippen MR) is 120 cm³/mol. The van der Waals surface area contributed by atoms with Crippen molar-refractivity contribution in [1.82, 2.24) is 9.62 Å². The minimum absolute atomic E-state index is 0.0965. The third-order valence-electron chi connectivity index (χ3n) is 6.04. The van der Waals surface area contributed by atoms with E-state index in [1.165, 1.54) is 22.8 Å². The van der Waals surface area contributed by atoms with E-state index in [4.69, 9.17) is 0 Å². The molecule has 3 rings (SSSR count). The lowest BCUT2D eigenvalue weighted by Crippen LogP contribution is -2.43. The molecule has 1 heterocycles. The van der Waals surface area contributed by atoms with Gasteiger partial charge in [0, 0.05) is 25.6 Å². The molecule has 1 fully saturated rings. The summed E-state index contributed by atoms with van der Waals surface area (Å²) in [7, 11) is -4.05. The number of alkyl halides is 3. The van der Waals surface area contributed by atoms with Crippen LogP contribution in [0.2, 0.25) is 0 Å². The fourth-order valence-electron chi connectivity index (χ4n) is 4.10. The molecule has 0 radical (unpaired) electrons. The molecule has 0 aromatic heterocycles. The molecule has 0 unspecified atom stereocenters. The first kappa shape index (κ1) is 25.2. The molecule has 2 aromatic carbocycles. The molecule has 33 heavy (non-hydrogen) atoms. The van der Waals surface area contributed by atoms with Gasteiger partial charge in [-0.25, -0.2) is 8.42 Å². The maximum Gasteiger partial charge on any atom is 0.416 e.